The maximum atomic E-state index is 13.7. The van der Waals surface area contributed by atoms with E-state index in [-0.39, 0.29) is 62.0 Å². The monoisotopic (exact) mass is 650 g/mol. The van der Waals surface area contributed by atoms with Crippen LogP contribution in [0.25, 0.3) is 0 Å². The number of likely N-dealkylation sites (tertiary alicyclic amines) is 1. The lowest BCUT2D eigenvalue weighted by atomic mass is 10.1. The van der Waals surface area contributed by atoms with Crippen LogP contribution in [-0.2, 0) is 23.8 Å². The topological polar surface area (TPSA) is 130 Å². The summed E-state index contributed by atoms with van der Waals surface area (Å²) in [4.78, 5) is 50.7. The van der Waals surface area contributed by atoms with Crippen LogP contribution in [-0.4, -0.2) is 78.8 Å². The van der Waals surface area contributed by atoms with Crippen molar-refractivity contribution in [2.45, 2.75) is 61.7 Å². The predicted octanol–water partition coefficient (Wildman–Crippen LogP) is 5.84. The number of anilines is 1. The van der Waals surface area contributed by atoms with Crippen molar-refractivity contribution in [3.8, 4) is 11.5 Å². The third-order valence-electron chi connectivity index (χ3n) is 6.18. The van der Waals surface area contributed by atoms with Crippen LogP contribution in [0, 0.1) is 0 Å². The van der Waals surface area contributed by atoms with Gasteiger partial charge in [0.2, 0.25) is 3.79 Å². The first kappa shape index (κ1) is 35.3. The molecule has 0 aliphatic carbocycles. The van der Waals surface area contributed by atoms with Gasteiger partial charge in [-0.1, -0.05) is 47.5 Å². The number of unbranched alkanes of at least 4 members (excludes halogenated alkanes) is 2. The first-order chi connectivity index (χ1) is 19.9. The maximum Gasteiger partial charge on any atom is 0.411 e. The largest absolute Gasteiger partial charge is 0.493 e. The molecule has 1 aromatic carbocycles. The van der Waals surface area contributed by atoms with E-state index < -0.39 is 15.9 Å². The number of nitrogens with zero attached hydrogens (tertiary/aromatic N) is 1. The molecule has 0 unspecified atom stereocenters. The molecule has 0 bridgehead atoms. The SMILES string of the molecule is C=CCOC(=O)Nc1cc(OCCCCCC(=O)OCC(Cl)(Cl)Cl)c(OC)cc1C(=O)N1CCC[C@H]1CCOC(C)=O. The molecule has 1 N–H and O–H groups in total. The van der Waals surface area contributed by atoms with Crippen molar-refractivity contribution in [1.82, 2.24) is 4.90 Å². The molecule has 1 aromatic rings. The summed E-state index contributed by atoms with van der Waals surface area (Å²) in [5.74, 6) is -0.548. The van der Waals surface area contributed by atoms with Crippen molar-refractivity contribution >= 4 is 64.4 Å². The fourth-order valence-electron chi connectivity index (χ4n) is 4.25. The fourth-order valence-corrected chi connectivity index (χ4v) is 4.42. The number of alkyl halides is 3. The minimum Gasteiger partial charge on any atom is -0.493 e. The van der Waals surface area contributed by atoms with Gasteiger partial charge in [-0.2, -0.15) is 0 Å². The highest BCUT2D eigenvalue weighted by atomic mass is 35.6. The molecular formula is C28H37Cl3N2O9. The van der Waals surface area contributed by atoms with Crippen LogP contribution < -0.4 is 14.8 Å². The van der Waals surface area contributed by atoms with Gasteiger partial charge in [0.15, 0.2) is 11.5 Å². The molecule has 0 aromatic heterocycles. The number of halogens is 3. The standard InChI is InChI=1S/C28H37Cl3N2O9/c1-4-13-41-27(37)32-22-17-24(40-14-7-5-6-10-25(35)42-18-28(29,30)31)23(38-3)16-21(22)26(36)33-12-8-9-20(33)11-15-39-19(2)34/h4,16-17,20H,1,5-15,18H2,2-3H3,(H,32,37)/t20-/m0/s1. The Bertz CT molecular complexity index is 1100. The second kappa shape index (κ2) is 17.9. The Morgan fingerprint density at radius 1 is 1.07 bits per heavy atom. The second-order valence-electron chi connectivity index (χ2n) is 9.42. The zero-order valence-electron chi connectivity index (χ0n) is 23.8. The number of amides is 2. The van der Waals surface area contributed by atoms with Gasteiger partial charge in [0.1, 0.15) is 13.2 Å². The van der Waals surface area contributed by atoms with Gasteiger partial charge in [0.05, 0.1) is 31.6 Å². The first-order valence-electron chi connectivity index (χ1n) is 13.5. The number of nitrogens with one attached hydrogen (secondary N) is 1. The van der Waals surface area contributed by atoms with Crippen LogP contribution in [0.2, 0.25) is 0 Å². The van der Waals surface area contributed by atoms with Gasteiger partial charge in [-0.25, -0.2) is 4.79 Å². The zero-order chi connectivity index (χ0) is 31.1. The van der Waals surface area contributed by atoms with Crippen LogP contribution in [0.3, 0.4) is 0 Å². The average molecular weight is 652 g/mol. The van der Waals surface area contributed by atoms with Crippen LogP contribution in [0.15, 0.2) is 24.8 Å². The number of rotatable bonds is 16. The minimum absolute atomic E-state index is 0.0168. The van der Waals surface area contributed by atoms with Crippen molar-refractivity contribution in [2.75, 3.05) is 45.4 Å². The second-order valence-corrected chi connectivity index (χ2v) is 11.9. The molecule has 1 aliphatic heterocycles. The van der Waals surface area contributed by atoms with E-state index in [1.165, 1.54) is 32.2 Å². The maximum absolute atomic E-state index is 13.7. The molecule has 2 rings (SSSR count). The Morgan fingerprint density at radius 3 is 2.50 bits per heavy atom. The summed E-state index contributed by atoms with van der Waals surface area (Å²) in [6.07, 6.45) is 4.68. The molecule has 1 saturated heterocycles. The van der Waals surface area contributed by atoms with Crippen molar-refractivity contribution in [3.63, 3.8) is 0 Å². The Kier molecular flexibility index (Phi) is 15.1. The lowest BCUT2D eigenvalue weighted by Crippen LogP contribution is -2.37. The van der Waals surface area contributed by atoms with Crippen molar-refractivity contribution in [1.29, 1.82) is 0 Å². The highest BCUT2D eigenvalue weighted by Gasteiger charge is 2.32. The Morgan fingerprint density at radius 2 is 1.83 bits per heavy atom. The van der Waals surface area contributed by atoms with Gasteiger partial charge in [-0.05, 0) is 38.2 Å². The van der Waals surface area contributed by atoms with Crippen molar-refractivity contribution in [2.24, 2.45) is 0 Å². The Labute approximate surface area is 260 Å². The van der Waals surface area contributed by atoms with Gasteiger partial charge in [-0.15, -0.1) is 0 Å². The van der Waals surface area contributed by atoms with E-state index in [4.69, 9.17) is 58.5 Å². The molecule has 42 heavy (non-hydrogen) atoms. The van der Waals surface area contributed by atoms with Crippen LogP contribution in [0.1, 0.15) is 62.2 Å². The number of methoxy groups -OCH3 is 1. The minimum atomic E-state index is -1.65. The van der Waals surface area contributed by atoms with E-state index >= 15 is 0 Å². The summed E-state index contributed by atoms with van der Waals surface area (Å²) in [7, 11) is 1.45. The molecule has 1 fully saturated rings. The van der Waals surface area contributed by atoms with Crippen LogP contribution in [0.4, 0.5) is 10.5 Å². The van der Waals surface area contributed by atoms with Gasteiger partial charge < -0.3 is 28.6 Å². The number of carbonyl (C=O) groups excluding carboxylic acids is 4. The van der Waals surface area contributed by atoms with Gasteiger partial charge in [0, 0.05) is 38.4 Å². The number of esters is 2. The van der Waals surface area contributed by atoms with Crippen molar-refractivity contribution in [3.05, 3.63) is 30.4 Å². The lowest BCUT2D eigenvalue weighted by molar-refractivity contribution is -0.144. The van der Waals surface area contributed by atoms with E-state index in [2.05, 4.69) is 11.9 Å². The molecule has 0 saturated carbocycles. The number of benzene rings is 1. The lowest BCUT2D eigenvalue weighted by Gasteiger charge is -2.26. The first-order valence-corrected chi connectivity index (χ1v) is 14.6. The number of carbonyl (C=O) groups is 4. The normalized spacial score (nSPS) is 14.6. The van der Waals surface area contributed by atoms with E-state index in [0.29, 0.717) is 43.7 Å². The zero-order valence-corrected chi connectivity index (χ0v) is 26.0. The van der Waals surface area contributed by atoms with E-state index in [0.717, 1.165) is 12.8 Å². The molecule has 0 radical (unpaired) electrons. The summed E-state index contributed by atoms with van der Waals surface area (Å²) >= 11 is 16.7. The molecule has 11 nitrogen and oxygen atoms in total. The smallest absolute Gasteiger partial charge is 0.411 e. The molecule has 1 aliphatic rings. The summed E-state index contributed by atoms with van der Waals surface area (Å²) < 4.78 is 24.8. The molecule has 0 spiro atoms. The fraction of sp³-hybridized carbons (Fsp3) is 0.571. The Hall–Kier alpha value is -2.89. The number of hydrogen-bond acceptors (Lipinski definition) is 9. The predicted molar refractivity (Wildman–Crippen MR) is 159 cm³/mol. The average Bonchev–Trinajstić information content (AvgIpc) is 3.40. The summed E-state index contributed by atoms with van der Waals surface area (Å²) in [6.45, 7) is 5.52. The third kappa shape index (κ3) is 12.5. The highest BCUT2D eigenvalue weighted by molar-refractivity contribution is 6.67. The van der Waals surface area contributed by atoms with E-state index in [9.17, 15) is 19.2 Å². The van der Waals surface area contributed by atoms with Gasteiger partial charge in [0.25, 0.3) is 5.91 Å². The molecule has 2 amide bonds. The van der Waals surface area contributed by atoms with Gasteiger partial charge in [-0.3, -0.25) is 19.7 Å². The van der Waals surface area contributed by atoms with Gasteiger partial charge >= 0.3 is 18.0 Å². The Balaban J connectivity index is 2.10. The quantitative estimate of drug-likeness (QED) is 0.0770. The molecule has 14 heteroatoms. The molecular weight excluding hydrogens is 615 g/mol. The summed E-state index contributed by atoms with van der Waals surface area (Å²) in [5, 5.41) is 2.62. The highest BCUT2D eigenvalue weighted by Crippen LogP contribution is 2.36. The third-order valence-corrected chi connectivity index (χ3v) is 6.50. The number of ether oxygens (including phenoxy) is 5. The van der Waals surface area contributed by atoms with Crippen LogP contribution >= 0.6 is 34.8 Å². The van der Waals surface area contributed by atoms with E-state index in [1.807, 2.05) is 0 Å². The molecule has 1 atom stereocenters. The number of hydrogen-bond donors (Lipinski definition) is 1. The molecule has 1 heterocycles. The van der Waals surface area contributed by atoms with Crippen molar-refractivity contribution < 1.29 is 42.9 Å². The molecule has 234 valence electrons. The summed E-state index contributed by atoms with van der Waals surface area (Å²) in [5.41, 5.74) is 0.384. The summed E-state index contributed by atoms with van der Waals surface area (Å²) in [6, 6.07) is 2.90. The van der Waals surface area contributed by atoms with E-state index in [1.54, 1.807) is 4.90 Å². The van der Waals surface area contributed by atoms with Crippen LogP contribution in [0.5, 0.6) is 11.5 Å².